The molecule has 0 aliphatic heterocycles. The lowest BCUT2D eigenvalue weighted by molar-refractivity contribution is -0.132. The van der Waals surface area contributed by atoms with Crippen molar-refractivity contribution < 1.29 is 9.90 Å². The molecule has 0 saturated carbocycles. The van der Waals surface area contributed by atoms with Crippen molar-refractivity contribution in [2.24, 2.45) is 0 Å². The zero-order valence-corrected chi connectivity index (χ0v) is 14.2. The van der Waals surface area contributed by atoms with Crippen molar-refractivity contribution in [3.05, 3.63) is 58.1 Å². The first kappa shape index (κ1) is 17.3. The maximum atomic E-state index is 11.1. The minimum Gasteiger partial charge on any atom is -0.478 e. The molecule has 122 valence electrons. The summed E-state index contributed by atoms with van der Waals surface area (Å²) in [6, 6.07) is 7.68. The summed E-state index contributed by atoms with van der Waals surface area (Å²) in [7, 11) is 0. The van der Waals surface area contributed by atoms with Crippen LogP contribution in [0.3, 0.4) is 0 Å². The molecule has 4 nitrogen and oxygen atoms in total. The number of carboxylic acids is 1. The third kappa shape index (κ3) is 4.45. The van der Waals surface area contributed by atoms with Gasteiger partial charge in [0.25, 0.3) is 0 Å². The highest BCUT2D eigenvalue weighted by Crippen LogP contribution is 2.20. The van der Waals surface area contributed by atoms with Crippen LogP contribution in [-0.2, 0) is 17.8 Å². The Morgan fingerprint density at radius 2 is 2.13 bits per heavy atom. The number of carboxylic acid groups (broad SMARTS) is 1. The molecule has 1 heterocycles. The highest BCUT2D eigenvalue weighted by Gasteiger charge is 2.12. The quantitative estimate of drug-likeness (QED) is 0.764. The molecule has 5 heteroatoms. The van der Waals surface area contributed by atoms with Gasteiger partial charge in [0.05, 0.1) is 18.4 Å². The number of aryl methyl sites for hydroxylation is 1. The first-order valence-electron chi connectivity index (χ1n) is 7.72. The lowest BCUT2D eigenvalue weighted by Gasteiger charge is -2.12. The summed E-state index contributed by atoms with van der Waals surface area (Å²) in [5.41, 5.74) is 2.07. The van der Waals surface area contributed by atoms with Crippen molar-refractivity contribution in [2.45, 2.75) is 39.7 Å². The lowest BCUT2D eigenvalue weighted by atomic mass is 10.2. The van der Waals surface area contributed by atoms with E-state index >= 15 is 0 Å². The smallest absolute Gasteiger partial charge is 0.331 e. The molecule has 0 amide bonds. The second kappa shape index (κ2) is 7.97. The normalized spacial score (nSPS) is 11.7. The van der Waals surface area contributed by atoms with Crippen molar-refractivity contribution in [1.29, 1.82) is 0 Å². The van der Waals surface area contributed by atoms with Crippen LogP contribution in [0.25, 0.3) is 6.08 Å². The molecule has 0 radical (unpaired) electrons. The van der Waals surface area contributed by atoms with Gasteiger partial charge in [0, 0.05) is 17.0 Å². The molecule has 0 atom stereocenters. The molecule has 1 aromatic carbocycles. The van der Waals surface area contributed by atoms with Crippen LogP contribution >= 0.6 is 11.6 Å². The second-order valence-electron chi connectivity index (χ2n) is 5.51. The topological polar surface area (TPSA) is 55.1 Å². The standard InChI is InChI=1S/C18H21ClN2O2/c1-3-4-9-17-20-11-15(10-13(2)18(22)23)21(17)12-14-7-5-6-8-16(14)19/h5-8,10-11H,3-4,9,12H2,1-2H3,(H,22,23). The molecule has 0 unspecified atom stereocenters. The average Bonchev–Trinajstić information content (AvgIpc) is 2.89. The van der Waals surface area contributed by atoms with Gasteiger partial charge in [0.15, 0.2) is 0 Å². The number of aliphatic carboxylic acids is 1. The Balaban J connectivity index is 2.40. The Morgan fingerprint density at radius 1 is 1.39 bits per heavy atom. The van der Waals surface area contributed by atoms with Gasteiger partial charge in [0.1, 0.15) is 5.82 Å². The van der Waals surface area contributed by atoms with Gasteiger partial charge in [-0.05, 0) is 31.1 Å². The first-order valence-corrected chi connectivity index (χ1v) is 8.10. The Bertz CT molecular complexity index is 720. The zero-order chi connectivity index (χ0) is 16.8. The summed E-state index contributed by atoms with van der Waals surface area (Å²) in [5.74, 6) is 0.0295. The van der Waals surface area contributed by atoms with E-state index in [1.165, 1.54) is 0 Å². The van der Waals surface area contributed by atoms with E-state index in [0.29, 0.717) is 11.6 Å². The first-order chi connectivity index (χ1) is 11.0. The number of benzene rings is 1. The van der Waals surface area contributed by atoms with Crippen LogP contribution in [0.1, 0.15) is 43.8 Å². The highest BCUT2D eigenvalue weighted by atomic mass is 35.5. The molecule has 0 spiro atoms. The molecule has 0 aliphatic rings. The molecule has 1 N–H and O–H groups in total. The minimum atomic E-state index is -0.925. The Morgan fingerprint density at radius 3 is 2.78 bits per heavy atom. The number of imidazole rings is 1. The zero-order valence-electron chi connectivity index (χ0n) is 13.4. The van der Waals surface area contributed by atoms with Crippen molar-refractivity contribution >= 4 is 23.6 Å². The Kier molecular flexibility index (Phi) is 5.99. The van der Waals surface area contributed by atoms with Crippen LogP contribution in [-0.4, -0.2) is 20.6 Å². The number of unbranched alkanes of at least 4 members (excludes halogenated alkanes) is 1. The molecule has 0 aliphatic carbocycles. The van der Waals surface area contributed by atoms with E-state index in [4.69, 9.17) is 16.7 Å². The monoisotopic (exact) mass is 332 g/mol. The predicted octanol–water partition coefficient (Wildman–Crippen LogP) is 4.42. The van der Waals surface area contributed by atoms with Crippen molar-refractivity contribution in [3.8, 4) is 0 Å². The second-order valence-corrected chi connectivity index (χ2v) is 5.92. The summed E-state index contributed by atoms with van der Waals surface area (Å²) in [4.78, 5) is 15.6. The fourth-order valence-corrected chi connectivity index (χ4v) is 2.54. The van der Waals surface area contributed by atoms with Crippen LogP contribution < -0.4 is 0 Å². The molecule has 0 saturated heterocycles. The van der Waals surface area contributed by atoms with Gasteiger partial charge < -0.3 is 9.67 Å². The number of aromatic nitrogens is 2. The summed E-state index contributed by atoms with van der Waals surface area (Å²) in [6.07, 6.45) is 6.37. The van der Waals surface area contributed by atoms with Gasteiger partial charge in [-0.25, -0.2) is 9.78 Å². The van der Waals surface area contributed by atoms with Crippen LogP contribution in [0, 0.1) is 0 Å². The molecule has 0 fully saturated rings. The van der Waals surface area contributed by atoms with E-state index in [1.54, 1.807) is 19.2 Å². The number of rotatable bonds is 7. The minimum absolute atomic E-state index is 0.285. The Labute approximate surface area is 141 Å². The molecule has 1 aromatic heterocycles. The third-order valence-electron chi connectivity index (χ3n) is 3.71. The average molecular weight is 333 g/mol. The lowest BCUT2D eigenvalue weighted by Crippen LogP contribution is -2.08. The largest absolute Gasteiger partial charge is 0.478 e. The van der Waals surface area contributed by atoms with Gasteiger partial charge in [0.2, 0.25) is 0 Å². The number of nitrogens with zero attached hydrogens (tertiary/aromatic N) is 2. The number of carbonyl (C=O) groups is 1. The van der Waals surface area contributed by atoms with E-state index in [9.17, 15) is 4.79 Å². The van der Waals surface area contributed by atoms with Gasteiger partial charge in [-0.15, -0.1) is 0 Å². The predicted molar refractivity (Wildman–Crippen MR) is 92.7 cm³/mol. The van der Waals surface area contributed by atoms with Crippen LogP contribution in [0.4, 0.5) is 0 Å². The number of hydrogen-bond acceptors (Lipinski definition) is 2. The van der Waals surface area contributed by atoms with E-state index in [-0.39, 0.29) is 5.57 Å². The maximum Gasteiger partial charge on any atom is 0.331 e. The van der Waals surface area contributed by atoms with Crippen molar-refractivity contribution in [2.75, 3.05) is 0 Å². The Hall–Kier alpha value is -2.07. The van der Waals surface area contributed by atoms with Gasteiger partial charge in [-0.3, -0.25) is 0 Å². The number of halogens is 1. The van der Waals surface area contributed by atoms with Crippen molar-refractivity contribution in [1.82, 2.24) is 9.55 Å². The maximum absolute atomic E-state index is 11.1. The van der Waals surface area contributed by atoms with E-state index < -0.39 is 5.97 Å². The van der Waals surface area contributed by atoms with Gasteiger partial charge in [-0.2, -0.15) is 0 Å². The number of hydrogen-bond donors (Lipinski definition) is 1. The fourth-order valence-electron chi connectivity index (χ4n) is 2.34. The van der Waals surface area contributed by atoms with Crippen LogP contribution in [0.15, 0.2) is 36.0 Å². The SMILES string of the molecule is CCCCc1ncc(C=C(C)C(=O)O)n1Cc1ccccc1Cl. The molecular weight excluding hydrogens is 312 g/mol. The summed E-state index contributed by atoms with van der Waals surface area (Å²) >= 11 is 6.26. The highest BCUT2D eigenvalue weighted by molar-refractivity contribution is 6.31. The van der Waals surface area contributed by atoms with E-state index in [0.717, 1.165) is 36.3 Å². The third-order valence-corrected chi connectivity index (χ3v) is 4.08. The molecule has 2 rings (SSSR count). The molecule has 2 aromatic rings. The van der Waals surface area contributed by atoms with E-state index in [1.807, 2.05) is 28.8 Å². The summed E-state index contributed by atoms with van der Waals surface area (Å²) in [5, 5.41) is 9.80. The molecule has 23 heavy (non-hydrogen) atoms. The van der Waals surface area contributed by atoms with Gasteiger partial charge in [-0.1, -0.05) is 43.1 Å². The molecular formula is C18H21ClN2O2. The van der Waals surface area contributed by atoms with Crippen LogP contribution in [0.5, 0.6) is 0 Å². The summed E-state index contributed by atoms with van der Waals surface area (Å²) in [6.45, 7) is 4.30. The van der Waals surface area contributed by atoms with Crippen molar-refractivity contribution in [3.63, 3.8) is 0 Å². The van der Waals surface area contributed by atoms with Gasteiger partial charge >= 0.3 is 5.97 Å². The fraction of sp³-hybridized carbons (Fsp3) is 0.333. The van der Waals surface area contributed by atoms with Crippen LogP contribution in [0.2, 0.25) is 5.02 Å². The summed E-state index contributed by atoms with van der Waals surface area (Å²) < 4.78 is 2.04. The van der Waals surface area contributed by atoms with E-state index in [2.05, 4.69) is 11.9 Å². The molecule has 0 bridgehead atoms.